The van der Waals surface area contributed by atoms with Crippen molar-refractivity contribution in [1.29, 1.82) is 0 Å². The molecule has 198 valence electrons. The lowest BCUT2D eigenvalue weighted by molar-refractivity contribution is 0.215. The lowest BCUT2D eigenvalue weighted by Crippen LogP contribution is -2.51. The first-order chi connectivity index (χ1) is 16.4. The summed E-state index contributed by atoms with van der Waals surface area (Å²) in [5, 5.41) is 14.5. The second kappa shape index (κ2) is 19.6. The van der Waals surface area contributed by atoms with Gasteiger partial charge in [0.2, 0.25) is 0 Å². The summed E-state index contributed by atoms with van der Waals surface area (Å²) in [4.78, 5) is 6.11. The van der Waals surface area contributed by atoms with Gasteiger partial charge in [-0.25, -0.2) is 23.4 Å². The standard InChI is InChI=1S/C14H41N19S/c15-23-11(24-16)7-31(1-2-32(5-6-34)8-12(25-17)26-18)3-4-33(9-13(27-19)28-20)10-14(29-21)30-22/h34H,1-10,15-22H2,(H,23,24)(H,25,26)(H,27,28)(H,29,30). The Hall–Kier alpha value is -2.85. The Morgan fingerprint density at radius 1 is 0.500 bits per heavy atom. The van der Waals surface area contributed by atoms with Gasteiger partial charge in [-0.15, -0.1) is 0 Å². The molecule has 0 radical (unpaired) electrons. The first kappa shape index (κ1) is 31.1. The van der Waals surface area contributed by atoms with Gasteiger partial charge in [-0.2, -0.15) is 33.0 Å². The van der Waals surface area contributed by atoms with E-state index in [2.05, 4.69) is 64.5 Å². The molecule has 0 aromatic heterocycles. The SMILES string of the molecule is N/N=C(/CN(CCS)CCN(CCN(C/C(=N/N)NN)C/C(=N/N)NN)C/C(=N/N)NN)NN. The number of nitrogens with one attached hydrogen (secondary N) is 4. The fourth-order valence-corrected chi connectivity index (χ4v) is 3.09. The average Bonchev–Trinajstić information content (AvgIpc) is 2.87. The van der Waals surface area contributed by atoms with Crippen molar-refractivity contribution < 1.29 is 0 Å². The third-order valence-corrected chi connectivity index (χ3v) is 4.86. The van der Waals surface area contributed by atoms with Gasteiger partial charge in [0, 0.05) is 38.5 Å². The van der Waals surface area contributed by atoms with Crippen LogP contribution in [0.2, 0.25) is 0 Å². The molecule has 0 atom stereocenters. The molecule has 20 N–H and O–H groups in total. The van der Waals surface area contributed by atoms with Crippen molar-refractivity contribution in [3.63, 3.8) is 0 Å². The average molecular weight is 508 g/mol. The highest BCUT2D eigenvalue weighted by molar-refractivity contribution is 7.80. The van der Waals surface area contributed by atoms with E-state index in [0.29, 0.717) is 88.0 Å². The Labute approximate surface area is 204 Å². The Morgan fingerprint density at radius 2 is 0.765 bits per heavy atom. The molecule has 0 unspecified atom stereocenters. The minimum atomic E-state index is 0.290. The van der Waals surface area contributed by atoms with E-state index >= 15 is 0 Å². The van der Waals surface area contributed by atoms with Crippen molar-refractivity contribution in [3.05, 3.63) is 0 Å². The van der Waals surface area contributed by atoms with Crippen LogP contribution in [-0.4, -0.2) is 103 Å². The van der Waals surface area contributed by atoms with E-state index in [1.165, 1.54) is 0 Å². The van der Waals surface area contributed by atoms with E-state index in [9.17, 15) is 0 Å². The second-order valence-corrected chi connectivity index (χ2v) is 7.31. The Bertz CT molecular complexity index is 629. The van der Waals surface area contributed by atoms with E-state index in [1.807, 2.05) is 4.90 Å². The topological polar surface area (TPSA) is 315 Å². The molecule has 20 heteroatoms. The summed E-state index contributed by atoms with van der Waals surface area (Å²) >= 11 is 4.32. The summed E-state index contributed by atoms with van der Waals surface area (Å²) in [7, 11) is 0. The molecule has 0 fully saturated rings. The maximum absolute atomic E-state index is 5.52. The normalized spacial score (nSPS) is 13.6. The van der Waals surface area contributed by atoms with E-state index in [0.717, 1.165) is 0 Å². The largest absolute Gasteiger partial charge is 0.321 e. The number of hydrogen-bond donors (Lipinski definition) is 13. The van der Waals surface area contributed by atoms with Gasteiger partial charge in [-0.3, -0.25) is 14.7 Å². The van der Waals surface area contributed by atoms with Crippen molar-refractivity contribution in [2.75, 3.05) is 64.7 Å². The molecular weight excluding hydrogens is 466 g/mol. The Kier molecular flexibility index (Phi) is 18.0. The lowest BCUT2D eigenvalue weighted by atomic mass is 10.3. The smallest absolute Gasteiger partial charge is 0.150 e. The van der Waals surface area contributed by atoms with E-state index in [4.69, 9.17) is 46.7 Å². The van der Waals surface area contributed by atoms with Crippen molar-refractivity contribution in [2.24, 2.45) is 67.1 Å². The predicted molar refractivity (Wildman–Crippen MR) is 139 cm³/mol. The molecule has 0 spiro atoms. The summed E-state index contributed by atoms with van der Waals surface area (Å²) < 4.78 is 0. The van der Waals surface area contributed by atoms with Crippen LogP contribution < -0.4 is 68.4 Å². The quantitative estimate of drug-likeness (QED) is 0.0303. The van der Waals surface area contributed by atoms with Gasteiger partial charge < -0.3 is 45.1 Å². The van der Waals surface area contributed by atoms with Gasteiger partial charge in [0.1, 0.15) is 23.3 Å². The molecule has 19 nitrogen and oxygen atoms in total. The number of hydrogen-bond acceptors (Lipinski definition) is 16. The molecule has 0 bridgehead atoms. The van der Waals surface area contributed by atoms with Gasteiger partial charge in [0.25, 0.3) is 0 Å². The van der Waals surface area contributed by atoms with Gasteiger partial charge in [-0.05, 0) is 0 Å². The molecule has 0 aliphatic heterocycles. The van der Waals surface area contributed by atoms with Crippen LogP contribution >= 0.6 is 12.6 Å². The number of hydrazone groups is 4. The summed E-state index contributed by atoms with van der Waals surface area (Å²) in [5.41, 5.74) is 9.86. The van der Waals surface area contributed by atoms with E-state index in [-0.39, 0.29) is 0 Å². The molecule has 0 saturated heterocycles. The van der Waals surface area contributed by atoms with E-state index < -0.39 is 0 Å². The van der Waals surface area contributed by atoms with Crippen LogP contribution in [0.25, 0.3) is 0 Å². The van der Waals surface area contributed by atoms with E-state index in [1.54, 1.807) is 0 Å². The second-order valence-electron chi connectivity index (χ2n) is 6.87. The van der Waals surface area contributed by atoms with Crippen LogP contribution in [0.3, 0.4) is 0 Å². The van der Waals surface area contributed by atoms with Crippen LogP contribution in [-0.2, 0) is 0 Å². The molecular formula is C14H41N19S. The van der Waals surface area contributed by atoms with Crippen LogP contribution in [0.5, 0.6) is 0 Å². The van der Waals surface area contributed by atoms with Gasteiger partial charge in [-0.1, -0.05) is 0 Å². The molecule has 0 saturated carbocycles. The number of hydrazine groups is 4. The maximum Gasteiger partial charge on any atom is 0.150 e. The zero-order chi connectivity index (χ0) is 25.8. The number of amidine groups is 4. The van der Waals surface area contributed by atoms with Crippen LogP contribution in [0.4, 0.5) is 0 Å². The highest BCUT2D eigenvalue weighted by Gasteiger charge is 2.17. The van der Waals surface area contributed by atoms with Crippen molar-refractivity contribution in [3.8, 4) is 0 Å². The highest BCUT2D eigenvalue weighted by Crippen LogP contribution is 1.98. The minimum absolute atomic E-state index is 0.290. The van der Waals surface area contributed by atoms with Crippen LogP contribution in [0.1, 0.15) is 0 Å². The fraction of sp³-hybridized carbons (Fsp3) is 0.714. The summed E-state index contributed by atoms with van der Waals surface area (Å²) in [6.45, 7) is 4.41. The third kappa shape index (κ3) is 13.0. The molecule has 0 heterocycles. The minimum Gasteiger partial charge on any atom is -0.321 e. The zero-order valence-electron chi connectivity index (χ0n) is 19.3. The van der Waals surface area contributed by atoms with Crippen LogP contribution in [0.15, 0.2) is 20.4 Å². The third-order valence-electron chi connectivity index (χ3n) is 4.66. The van der Waals surface area contributed by atoms with Crippen molar-refractivity contribution in [1.82, 2.24) is 36.4 Å². The molecule has 0 aliphatic carbocycles. The predicted octanol–water partition coefficient (Wildman–Crippen LogP) is -7.24. The van der Waals surface area contributed by atoms with Crippen molar-refractivity contribution >= 4 is 36.0 Å². The molecule has 0 aliphatic rings. The summed E-state index contributed by atoms with van der Waals surface area (Å²) in [6.07, 6.45) is 0. The molecule has 0 aromatic rings. The summed E-state index contributed by atoms with van der Waals surface area (Å²) in [6, 6.07) is 0. The van der Waals surface area contributed by atoms with Crippen molar-refractivity contribution in [2.45, 2.75) is 0 Å². The zero-order valence-corrected chi connectivity index (χ0v) is 20.2. The monoisotopic (exact) mass is 507 g/mol. The first-order valence-electron chi connectivity index (χ1n) is 10.2. The Morgan fingerprint density at radius 3 is 1.03 bits per heavy atom. The lowest BCUT2D eigenvalue weighted by Gasteiger charge is -2.30. The molecule has 0 amide bonds. The van der Waals surface area contributed by atoms with Crippen LogP contribution in [0, 0.1) is 0 Å². The first-order valence-corrected chi connectivity index (χ1v) is 10.8. The Balaban J connectivity index is 5.43. The molecule has 0 aromatic carbocycles. The highest BCUT2D eigenvalue weighted by atomic mass is 32.1. The number of thiol groups is 1. The molecule has 34 heavy (non-hydrogen) atoms. The fourth-order valence-electron chi connectivity index (χ4n) is 2.80. The number of rotatable bonds is 16. The number of nitrogens with zero attached hydrogens (tertiary/aromatic N) is 7. The number of nitrogens with two attached hydrogens (primary N) is 8. The van der Waals surface area contributed by atoms with Gasteiger partial charge in [0.05, 0.1) is 26.2 Å². The summed E-state index contributed by atoms with van der Waals surface area (Å²) in [5.74, 6) is 45.6. The van der Waals surface area contributed by atoms with Gasteiger partial charge >= 0.3 is 0 Å². The molecule has 0 rings (SSSR count). The maximum atomic E-state index is 5.52. The van der Waals surface area contributed by atoms with Gasteiger partial charge in [0.15, 0.2) is 0 Å².